The number of ketones is 1. The number of halogens is 5. The largest absolute Gasteiger partial charge is 0.451 e. The van der Waals surface area contributed by atoms with E-state index in [4.69, 9.17) is 4.74 Å². The number of ether oxygens (including phenoxy) is 2. The van der Waals surface area contributed by atoms with Crippen LogP contribution in [0.15, 0.2) is 54.6 Å². The lowest BCUT2D eigenvalue weighted by Gasteiger charge is -2.14. The van der Waals surface area contributed by atoms with Crippen molar-refractivity contribution in [3.63, 3.8) is 0 Å². The molecule has 1 heterocycles. The maximum atomic E-state index is 13.0. The second-order valence-electron chi connectivity index (χ2n) is 7.48. The van der Waals surface area contributed by atoms with Crippen molar-refractivity contribution in [2.45, 2.75) is 39.7 Å². The number of esters is 1. The van der Waals surface area contributed by atoms with E-state index in [-0.39, 0.29) is 16.9 Å². The molecule has 3 rings (SSSR count). The average molecular weight is 481 g/mol. The van der Waals surface area contributed by atoms with Crippen molar-refractivity contribution in [2.75, 3.05) is 0 Å². The quantitative estimate of drug-likeness (QED) is 0.231. The van der Waals surface area contributed by atoms with Crippen LogP contribution in [-0.2, 0) is 10.9 Å². The van der Waals surface area contributed by atoms with Crippen LogP contribution in [-0.4, -0.2) is 29.0 Å². The predicted octanol–water partition coefficient (Wildman–Crippen LogP) is 6.14. The highest BCUT2D eigenvalue weighted by molar-refractivity contribution is 6.02. The van der Waals surface area contributed by atoms with Gasteiger partial charge in [0.15, 0.2) is 6.10 Å². The van der Waals surface area contributed by atoms with Crippen molar-refractivity contribution in [3.8, 4) is 11.4 Å². The van der Waals surface area contributed by atoms with Gasteiger partial charge in [-0.3, -0.25) is 4.79 Å². The minimum Gasteiger partial charge on any atom is -0.451 e. The van der Waals surface area contributed by atoms with Crippen molar-refractivity contribution < 1.29 is 41.0 Å². The third-order valence-corrected chi connectivity index (χ3v) is 5.10. The van der Waals surface area contributed by atoms with Crippen molar-refractivity contribution >= 4 is 11.8 Å². The van der Waals surface area contributed by atoms with E-state index in [1.165, 1.54) is 25.1 Å². The highest BCUT2D eigenvalue weighted by Gasteiger charge is 2.31. The Morgan fingerprint density at radius 1 is 0.971 bits per heavy atom. The first-order chi connectivity index (χ1) is 15.9. The molecule has 10 heteroatoms. The Bertz CT molecular complexity index is 1200. The number of alkyl halides is 5. The molecule has 0 saturated carbocycles. The van der Waals surface area contributed by atoms with Crippen LogP contribution in [0.2, 0.25) is 0 Å². The van der Waals surface area contributed by atoms with Crippen LogP contribution >= 0.6 is 0 Å². The van der Waals surface area contributed by atoms with Gasteiger partial charge in [0.05, 0.1) is 11.1 Å². The minimum absolute atomic E-state index is 0.0207. The van der Waals surface area contributed by atoms with E-state index in [2.05, 4.69) is 4.74 Å². The van der Waals surface area contributed by atoms with Crippen molar-refractivity contribution in [1.82, 2.24) is 4.57 Å². The van der Waals surface area contributed by atoms with Gasteiger partial charge in [0.25, 0.3) is 0 Å². The third-order valence-electron chi connectivity index (χ3n) is 5.10. The first-order valence-corrected chi connectivity index (χ1v) is 10.0. The van der Waals surface area contributed by atoms with Gasteiger partial charge < -0.3 is 14.0 Å². The van der Waals surface area contributed by atoms with E-state index >= 15 is 0 Å². The lowest BCUT2D eigenvalue weighted by molar-refractivity contribution is -0.137. The van der Waals surface area contributed by atoms with Gasteiger partial charge in [0.2, 0.25) is 5.78 Å². The summed E-state index contributed by atoms with van der Waals surface area (Å²) in [6.07, 6.45) is -5.89. The zero-order chi connectivity index (χ0) is 25.2. The van der Waals surface area contributed by atoms with Gasteiger partial charge in [-0.05, 0) is 69.3 Å². The summed E-state index contributed by atoms with van der Waals surface area (Å²) in [7, 11) is 0. The SMILES string of the molecule is Cc1cc(C(=O)C(C)OC(=O)c2cccc(C(F)(F)F)c2)c(C)n1-c1ccc(OC(F)F)cc1. The zero-order valence-corrected chi connectivity index (χ0v) is 18.3. The zero-order valence-electron chi connectivity index (χ0n) is 18.3. The van der Waals surface area contributed by atoms with E-state index in [9.17, 15) is 31.5 Å². The topological polar surface area (TPSA) is 57.5 Å². The summed E-state index contributed by atoms with van der Waals surface area (Å²) in [6.45, 7) is 1.76. The normalized spacial score (nSPS) is 12.5. The summed E-state index contributed by atoms with van der Waals surface area (Å²) in [5, 5.41) is 0. The van der Waals surface area contributed by atoms with Crippen molar-refractivity contribution in [2.24, 2.45) is 0 Å². The molecule has 0 aliphatic heterocycles. The molecule has 0 aliphatic carbocycles. The molecule has 0 radical (unpaired) electrons. The van der Waals surface area contributed by atoms with Gasteiger partial charge in [0, 0.05) is 22.6 Å². The molecule has 5 nitrogen and oxygen atoms in total. The number of rotatable bonds is 7. The smallest absolute Gasteiger partial charge is 0.416 e. The molecule has 180 valence electrons. The molecule has 1 aromatic heterocycles. The second kappa shape index (κ2) is 9.66. The number of carbonyl (C=O) groups excluding carboxylic acids is 2. The highest BCUT2D eigenvalue weighted by Crippen LogP contribution is 2.30. The first-order valence-electron chi connectivity index (χ1n) is 10.0. The standard InChI is InChI=1S/C24H20F5NO4/c1-13-11-20(14(2)30(13)18-7-9-19(10-8-18)34-23(25)26)21(31)15(3)33-22(32)16-5-4-6-17(12-16)24(27,28)29/h4-12,15,23H,1-3H3. The van der Waals surface area contributed by atoms with E-state index in [1.807, 2.05) is 0 Å². The summed E-state index contributed by atoms with van der Waals surface area (Å²) >= 11 is 0. The van der Waals surface area contributed by atoms with Crippen LogP contribution in [0.3, 0.4) is 0 Å². The van der Waals surface area contributed by atoms with Gasteiger partial charge in [-0.25, -0.2) is 4.79 Å². The fourth-order valence-electron chi connectivity index (χ4n) is 3.51. The minimum atomic E-state index is -4.63. The molecule has 0 N–H and O–H groups in total. The average Bonchev–Trinajstić information content (AvgIpc) is 3.06. The number of Topliss-reactive ketones (excluding diaryl/α,β-unsaturated/α-hetero) is 1. The molecule has 1 unspecified atom stereocenters. The number of aryl methyl sites for hydroxylation is 1. The van der Waals surface area contributed by atoms with Crippen molar-refractivity contribution in [3.05, 3.63) is 82.7 Å². The van der Waals surface area contributed by atoms with Crippen LogP contribution in [0, 0.1) is 13.8 Å². The summed E-state index contributed by atoms with van der Waals surface area (Å²) in [4.78, 5) is 25.3. The first kappa shape index (κ1) is 24.9. The molecule has 2 aromatic carbocycles. The van der Waals surface area contributed by atoms with Gasteiger partial charge in [0.1, 0.15) is 5.75 Å². The molecule has 3 aromatic rings. The molecule has 34 heavy (non-hydrogen) atoms. The van der Waals surface area contributed by atoms with Crippen LogP contribution < -0.4 is 4.74 Å². The Morgan fingerprint density at radius 2 is 1.62 bits per heavy atom. The summed E-state index contributed by atoms with van der Waals surface area (Å²) in [6, 6.07) is 11.1. The Kier molecular flexibility index (Phi) is 7.09. The third kappa shape index (κ3) is 5.44. The maximum Gasteiger partial charge on any atom is 0.416 e. The van der Waals surface area contributed by atoms with Crippen LogP contribution in [0.1, 0.15) is 44.6 Å². The molecule has 0 bridgehead atoms. The molecule has 0 aliphatic rings. The lowest BCUT2D eigenvalue weighted by atomic mass is 10.1. The highest BCUT2D eigenvalue weighted by atomic mass is 19.4. The van der Waals surface area contributed by atoms with E-state index in [0.717, 1.165) is 12.1 Å². The Balaban J connectivity index is 1.79. The fourth-order valence-corrected chi connectivity index (χ4v) is 3.51. The summed E-state index contributed by atoms with van der Waals surface area (Å²) < 4.78 is 74.6. The number of hydrogen-bond donors (Lipinski definition) is 0. The predicted molar refractivity (Wildman–Crippen MR) is 113 cm³/mol. The Labute approximate surface area is 191 Å². The van der Waals surface area contributed by atoms with Crippen LogP contribution in [0.5, 0.6) is 5.75 Å². The van der Waals surface area contributed by atoms with Crippen molar-refractivity contribution in [1.29, 1.82) is 0 Å². The second-order valence-corrected chi connectivity index (χ2v) is 7.48. The van der Waals surface area contributed by atoms with E-state index in [0.29, 0.717) is 23.1 Å². The van der Waals surface area contributed by atoms with Gasteiger partial charge >= 0.3 is 18.8 Å². The van der Waals surface area contributed by atoms with E-state index < -0.39 is 36.2 Å². The maximum absolute atomic E-state index is 13.0. The van der Waals surface area contributed by atoms with Gasteiger partial charge in [-0.2, -0.15) is 22.0 Å². The molecular weight excluding hydrogens is 461 g/mol. The lowest BCUT2D eigenvalue weighted by Crippen LogP contribution is -2.25. The molecule has 0 spiro atoms. The monoisotopic (exact) mass is 481 g/mol. The molecule has 1 atom stereocenters. The van der Waals surface area contributed by atoms with Gasteiger partial charge in [-0.15, -0.1) is 0 Å². The molecule has 0 fully saturated rings. The summed E-state index contributed by atoms with van der Waals surface area (Å²) in [5.41, 5.74) is 0.659. The summed E-state index contributed by atoms with van der Waals surface area (Å²) in [5.74, 6) is -1.62. The number of benzene rings is 2. The van der Waals surface area contributed by atoms with Crippen LogP contribution in [0.4, 0.5) is 22.0 Å². The number of hydrogen-bond acceptors (Lipinski definition) is 4. The number of aromatic nitrogens is 1. The molecule has 0 amide bonds. The Morgan fingerprint density at radius 3 is 2.21 bits per heavy atom. The van der Waals surface area contributed by atoms with E-state index in [1.54, 1.807) is 36.6 Å². The fraction of sp³-hybridized carbons (Fsp3) is 0.250. The Hall–Kier alpha value is -3.69. The van der Waals surface area contributed by atoms with Gasteiger partial charge in [-0.1, -0.05) is 6.07 Å². The molecular formula is C24H20F5NO4. The van der Waals surface area contributed by atoms with Crippen LogP contribution in [0.25, 0.3) is 5.69 Å². The number of carbonyl (C=O) groups is 2. The molecule has 0 saturated heterocycles. The number of nitrogens with zero attached hydrogens (tertiary/aromatic N) is 1.